The van der Waals surface area contributed by atoms with Gasteiger partial charge in [-0.25, -0.2) is 0 Å². The summed E-state index contributed by atoms with van der Waals surface area (Å²) in [7, 11) is 2.73. The Kier molecular flexibility index (Phi) is 5.92. The Morgan fingerprint density at radius 3 is 2.47 bits per heavy atom. The molecule has 19 heavy (non-hydrogen) atoms. The highest BCUT2D eigenvalue weighted by molar-refractivity contribution is 6.07. The minimum absolute atomic E-state index is 0.146. The fraction of sp³-hybridized carbons (Fsp3) is 0.538. The number of aromatic nitrogens is 2. The van der Waals surface area contributed by atoms with Crippen molar-refractivity contribution in [3.8, 4) is 5.88 Å². The van der Waals surface area contributed by atoms with Crippen LogP contribution >= 0.6 is 0 Å². The van der Waals surface area contributed by atoms with Crippen LogP contribution in [0.5, 0.6) is 5.88 Å². The highest BCUT2D eigenvalue weighted by Gasteiger charge is 2.29. The van der Waals surface area contributed by atoms with Crippen molar-refractivity contribution in [1.82, 2.24) is 10.2 Å². The second-order valence-corrected chi connectivity index (χ2v) is 4.04. The van der Waals surface area contributed by atoms with Gasteiger partial charge in [0, 0.05) is 6.07 Å². The van der Waals surface area contributed by atoms with Gasteiger partial charge in [0.25, 0.3) is 0 Å². The molecule has 0 aliphatic carbocycles. The second-order valence-electron chi connectivity index (χ2n) is 4.04. The van der Waals surface area contributed by atoms with Gasteiger partial charge in [0.15, 0.2) is 5.78 Å². The normalized spacial score (nSPS) is 11.7. The SMILES string of the molecule is CCCCC(C(=O)OC)C(=O)c1ccc(OC)nn1. The number of hydrogen-bond acceptors (Lipinski definition) is 6. The average molecular weight is 266 g/mol. The molecule has 0 saturated carbocycles. The number of nitrogens with zero attached hydrogens (tertiary/aromatic N) is 2. The van der Waals surface area contributed by atoms with Gasteiger partial charge in [-0.1, -0.05) is 19.8 Å². The molecule has 0 aliphatic heterocycles. The maximum Gasteiger partial charge on any atom is 0.316 e. The maximum absolute atomic E-state index is 12.2. The van der Waals surface area contributed by atoms with Gasteiger partial charge >= 0.3 is 5.97 Å². The molecule has 1 aromatic heterocycles. The van der Waals surface area contributed by atoms with Crippen LogP contribution < -0.4 is 4.74 Å². The number of ketones is 1. The van der Waals surface area contributed by atoms with Crippen molar-refractivity contribution in [3.63, 3.8) is 0 Å². The molecule has 104 valence electrons. The molecule has 0 N–H and O–H groups in total. The third-order valence-corrected chi connectivity index (χ3v) is 2.75. The highest BCUT2D eigenvalue weighted by Crippen LogP contribution is 2.16. The molecule has 1 unspecified atom stereocenters. The Hall–Kier alpha value is -1.98. The predicted molar refractivity (Wildman–Crippen MR) is 67.9 cm³/mol. The van der Waals surface area contributed by atoms with Gasteiger partial charge in [0.2, 0.25) is 5.88 Å². The summed E-state index contributed by atoms with van der Waals surface area (Å²) in [5.74, 6) is -1.39. The van der Waals surface area contributed by atoms with Gasteiger partial charge in [-0.15, -0.1) is 10.2 Å². The lowest BCUT2D eigenvalue weighted by Crippen LogP contribution is -2.26. The van der Waals surface area contributed by atoms with Crippen molar-refractivity contribution < 1.29 is 19.1 Å². The van der Waals surface area contributed by atoms with Gasteiger partial charge in [0.1, 0.15) is 11.6 Å². The van der Waals surface area contributed by atoms with Crippen molar-refractivity contribution in [2.75, 3.05) is 14.2 Å². The summed E-state index contributed by atoms with van der Waals surface area (Å²) < 4.78 is 9.53. The molecule has 0 bridgehead atoms. The molecule has 0 spiro atoms. The van der Waals surface area contributed by atoms with E-state index in [1.807, 2.05) is 6.92 Å². The third-order valence-electron chi connectivity index (χ3n) is 2.75. The Balaban J connectivity index is 2.87. The largest absolute Gasteiger partial charge is 0.480 e. The van der Waals surface area contributed by atoms with Crippen molar-refractivity contribution in [3.05, 3.63) is 17.8 Å². The van der Waals surface area contributed by atoms with E-state index >= 15 is 0 Å². The van der Waals surface area contributed by atoms with Crippen LogP contribution in [0.25, 0.3) is 0 Å². The number of Topliss-reactive ketones (excluding diaryl/α,β-unsaturated/α-hetero) is 1. The Bertz CT molecular complexity index is 431. The minimum Gasteiger partial charge on any atom is -0.480 e. The van der Waals surface area contributed by atoms with Crippen molar-refractivity contribution in [1.29, 1.82) is 0 Å². The first-order valence-corrected chi connectivity index (χ1v) is 6.13. The summed E-state index contributed by atoms with van der Waals surface area (Å²) >= 11 is 0. The van der Waals surface area contributed by atoms with Crippen LogP contribution in [0.4, 0.5) is 0 Å². The molecule has 1 heterocycles. The Labute approximate surface area is 112 Å². The lowest BCUT2D eigenvalue weighted by atomic mass is 9.95. The monoisotopic (exact) mass is 266 g/mol. The van der Waals surface area contributed by atoms with Gasteiger partial charge in [-0.3, -0.25) is 9.59 Å². The number of esters is 1. The number of rotatable bonds is 7. The van der Waals surface area contributed by atoms with E-state index in [-0.39, 0.29) is 11.5 Å². The first-order chi connectivity index (χ1) is 9.13. The number of ether oxygens (including phenoxy) is 2. The summed E-state index contributed by atoms with van der Waals surface area (Å²) in [6.07, 6.45) is 2.12. The smallest absolute Gasteiger partial charge is 0.316 e. The fourth-order valence-electron chi connectivity index (χ4n) is 1.65. The van der Waals surface area contributed by atoms with Crippen molar-refractivity contribution in [2.24, 2.45) is 5.92 Å². The molecule has 6 nitrogen and oxygen atoms in total. The van der Waals surface area contributed by atoms with E-state index in [0.29, 0.717) is 12.3 Å². The molecule has 0 fully saturated rings. The van der Waals surface area contributed by atoms with Crippen LogP contribution in [-0.2, 0) is 9.53 Å². The van der Waals surface area contributed by atoms with Gasteiger partial charge in [-0.05, 0) is 12.5 Å². The number of carbonyl (C=O) groups excluding carboxylic acids is 2. The van der Waals surface area contributed by atoms with E-state index < -0.39 is 11.9 Å². The van der Waals surface area contributed by atoms with E-state index in [2.05, 4.69) is 14.9 Å². The van der Waals surface area contributed by atoms with Crippen LogP contribution in [0, 0.1) is 5.92 Å². The quantitative estimate of drug-likeness (QED) is 0.424. The van der Waals surface area contributed by atoms with E-state index in [1.54, 1.807) is 0 Å². The van der Waals surface area contributed by atoms with Gasteiger partial charge in [0.05, 0.1) is 14.2 Å². The van der Waals surface area contributed by atoms with E-state index in [9.17, 15) is 9.59 Å². The van der Waals surface area contributed by atoms with Crippen LogP contribution in [0.2, 0.25) is 0 Å². The molecular formula is C13H18N2O4. The minimum atomic E-state index is -0.812. The average Bonchev–Trinajstić information content (AvgIpc) is 2.47. The molecular weight excluding hydrogens is 248 g/mol. The molecule has 1 aromatic rings. The van der Waals surface area contributed by atoms with Crippen molar-refractivity contribution in [2.45, 2.75) is 26.2 Å². The van der Waals surface area contributed by atoms with E-state index in [1.165, 1.54) is 26.4 Å². The Morgan fingerprint density at radius 2 is 2.00 bits per heavy atom. The molecule has 0 amide bonds. The molecule has 0 saturated heterocycles. The molecule has 0 radical (unpaired) electrons. The lowest BCUT2D eigenvalue weighted by molar-refractivity contribution is -0.143. The number of unbranched alkanes of at least 4 members (excludes halogenated alkanes) is 1. The molecule has 0 aliphatic rings. The topological polar surface area (TPSA) is 78.4 Å². The summed E-state index contributed by atoms with van der Waals surface area (Å²) in [5, 5.41) is 7.48. The van der Waals surface area contributed by atoms with Crippen molar-refractivity contribution >= 4 is 11.8 Å². The summed E-state index contributed by atoms with van der Waals surface area (Å²) in [6.45, 7) is 1.99. The first kappa shape index (κ1) is 15.1. The zero-order valence-electron chi connectivity index (χ0n) is 11.4. The summed E-state index contributed by atoms with van der Waals surface area (Å²) in [5.41, 5.74) is 0.146. The maximum atomic E-state index is 12.2. The summed E-state index contributed by atoms with van der Waals surface area (Å²) in [4.78, 5) is 23.8. The van der Waals surface area contributed by atoms with Crippen LogP contribution in [0.3, 0.4) is 0 Å². The predicted octanol–water partition coefficient (Wildman–Crippen LogP) is 1.65. The number of hydrogen-bond donors (Lipinski definition) is 0. The van der Waals surface area contributed by atoms with Crippen LogP contribution in [-0.4, -0.2) is 36.2 Å². The third kappa shape index (κ3) is 4.01. The second kappa shape index (κ2) is 7.45. The van der Waals surface area contributed by atoms with E-state index in [4.69, 9.17) is 4.74 Å². The zero-order valence-corrected chi connectivity index (χ0v) is 11.4. The fourth-order valence-corrected chi connectivity index (χ4v) is 1.65. The van der Waals surface area contributed by atoms with Crippen LogP contribution in [0.15, 0.2) is 12.1 Å². The molecule has 1 atom stereocenters. The van der Waals surface area contributed by atoms with E-state index in [0.717, 1.165) is 12.8 Å². The molecule has 1 rings (SSSR count). The first-order valence-electron chi connectivity index (χ1n) is 6.13. The number of carbonyl (C=O) groups is 2. The van der Waals surface area contributed by atoms with Gasteiger partial charge < -0.3 is 9.47 Å². The number of methoxy groups -OCH3 is 2. The molecule has 0 aromatic carbocycles. The molecule has 6 heteroatoms. The standard InChI is InChI=1S/C13H18N2O4/c1-4-5-6-9(13(17)19-3)12(16)10-7-8-11(18-2)15-14-10/h7-9H,4-6H2,1-3H3. The lowest BCUT2D eigenvalue weighted by Gasteiger charge is -2.12. The van der Waals surface area contributed by atoms with Gasteiger partial charge in [-0.2, -0.15) is 0 Å². The summed E-state index contributed by atoms with van der Waals surface area (Å²) in [6, 6.07) is 3.03. The highest BCUT2D eigenvalue weighted by atomic mass is 16.5. The Morgan fingerprint density at radius 1 is 1.26 bits per heavy atom. The zero-order chi connectivity index (χ0) is 14.3. The van der Waals surface area contributed by atoms with Crippen LogP contribution in [0.1, 0.15) is 36.7 Å².